The van der Waals surface area contributed by atoms with E-state index in [0.717, 1.165) is 21.4 Å². The van der Waals surface area contributed by atoms with E-state index in [4.69, 9.17) is 0 Å². The molecule has 0 saturated carbocycles. The highest BCUT2D eigenvalue weighted by molar-refractivity contribution is 14.1. The van der Waals surface area contributed by atoms with Gasteiger partial charge in [-0.05, 0) is 83.3 Å². The van der Waals surface area contributed by atoms with E-state index in [1.54, 1.807) is 29.0 Å². The first-order chi connectivity index (χ1) is 13.8. The largest absolute Gasteiger partial charge is 0.416 e. The minimum absolute atomic E-state index is 0.0426. The summed E-state index contributed by atoms with van der Waals surface area (Å²) in [5, 5.41) is 11.7. The highest BCUT2D eigenvalue weighted by atomic mass is 127. The van der Waals surface area contributed by atoms with Gasteiger partial charge in [0.2, 0.25) is 0 Å². The first kappa shape index (κ1) is 20.7. The molecule has 1 amide bonds. The number of halogens is 4. The van der Waals surface area contributed by atoms with Crippen molar-refractivity contribution in [1.29, 1.82) is 5.26 Å². The summed E-state index contributed by atoms with van der Waals surface area (Å²) in [4.78, 5) is 12.4. The molecule has 0 atom stereocenters. The van der Waals surface area contributed by atoms with Crippen molar-refractivity contribution in [3.63, 3.8) is 0 Å². The lowest BCUT2D eigenvalue weighted by Gasteiger charge is -2.10. The Morgan fingerprint density at radius 2 is 1.83 bits per heavy atom. The Labute approximate surface area is 178 Å². The van der Waals surface area contributed by atoms with Gasteiger partial charge in [-0.3, -0.25) is 4.79 Å². The molecule has 0 aliphatic rings. The van der Waals surface area contributed by atoms with Crippen LogP contribution in [0.5, 0.6) is 0 Å². The Hall–Kier alpha value is -3.06. The van der Waals surface area contributed by atoms with Crippen LogP contribution in [0.25, 0.3) is 11.8 Å². The van der Waals surface area contributed by atoms with Crippen LogP contribution < -0.4 is 5.32 Å². The number of nitrogens with zero attached hydrogens (tertiary/aromatic N) is 2. The summed E-state index contributed by atoms with van der Waals surface area (Å²) in [7, 11) is 0. The fourth-order valence-electron chi connectivity index (χ4n) is 2.62. The zero-order valence-electron chi connectivity index (χ0n) is 14.7. The van der Waals surface area contributed by atoms with E-state index in [-0.39, 0.29) is 11.3 Å². The van der Waals surface area contributed by atoms with Crippen molar-refractivity contribution < 1.29 is 18.0 Å². The molecule has 1 aromatic heterocycles. The number of amides is 1. The molecule has 0 fully saturated rings. The summed E-state index contributed by atoms with van der Waals surface area (Å²) >= 11 is 2.19. The number of nitriles is 1. The van der Waals surface area contributed by atoms with Gasteiger partial charge in [0.1, 0.15) is 11.6 Å². The van der Waals surface area contributed by atoms with E-state index in [2.05, 4.69) is 27.9 Å². The molecular weight excluding hydrogens is 494 g/mol. The van der Waals surface area contributed by atoms with Crippen LogP contribution in [0.15, 0.2) is 72.4 Å². The number of aromatic nitrogens is 1. The van der Waals surface area contributed by atoms with Crippen molar-refractivity contribution in [1.82, 2.24) is 4.57 Å². The topological polar surface area (TPSA) is 57.8 Å². The zero-order valence-corrected chi connectivity index (χ0v) is 16.9. The van der Waals surface area contributed by atoms with Crippen LogP contribution in [-0.4, -0.2) is 10.5 Å². The zero-order chi connectivity index (χ0) is 21.0. The molecule has 4 nitrogen and oxygen atoms in total. The molecule has 3 aromatic rings. The normalized spacial score (nSPS) is 11.8. The van der Waals surface area contributed by atoms with Crippen molar-refractivity contribution >= 4 is 40.3 Å². The van der Waals surface area contributed by atoms with Crippen LogP contribution in [0.3, 0.4) is 0 Å². The summed E-state index contributed by atoms with van der Waals surface area (Å²) in [5.74, 6) is -0.790. The van der Waals surface area contributed by atoms with Gasteiger partial charge in [-0.2, -0.15) is 18.4 Å². The van der Waals surface area contributed by atoms with Gasteiger partial charge in [0.05, 0.1) is 5.56 Å². The molecule has 0 bridgehead atoms. The number of carbonyl (C=O) groups is 1. The molecule has 0 unspecified atom stereocenters. The maximum Gasteiger partial charge on any atom is 0.416 e. The number of anilines is 1. The predicted molar refractivity (Wildman–Crippen MR) is 112 cm³/mol. The van der Waals surface area contributed by atoms with Crippen molar-refractivity contribution in [3.8, 4) is 11.8 Å². The van der Waals surface area contributed by atoms with E-state index in [9.17, 15) is 23.2 Å². The summed E-state index contributed by atoms with van der Waals surface area (Å²) < 4.78 is 41.4. The highest BCUT2D eigenvalue weighted by Gasteiger charge is 2.30. The molecule has 1 heterocycles. The molecule has 0 spiro atoms. The second kappa shape index (κ2) is 8.53. The summed E-state index contributed by atoms with van der Waals surface area (Å²) in [6, 6.07) is 17.2. The third-order valence-electron chi connectivity index (χ3n) is 3.99. The van der Waals surface area contributed by atoms with Gasteiger partial charge in [0.15, 0.2) is 0 Å². The average Bonchev–Trinajstić information content (AvgIpc) is 3.14. The van der Waals surface area contributed by atoms with E-state index in [0.29, 0.717) is 5.69 Å². The van der Waals surface area contributed by atoms with Gasteiger partial charge >= 0.3 is 6.18 Å². The van der Waals surface area contributed by atoms with Crippen LogP contribution in [0.1, 0.15) is 11.3 Å². The molecule has 146 valence electrons. The van der Waals surface area contributed by atoms with Crippen LogP contribution >= 0.6 is 22.6 Å². The number of benzene rings is 2. The standard InChI is InChI=1S/C21H13F3IN3O/c22-21(23,24)15-3-1-4-17(12-15)27-20(29)14(13-26)11-19-5-2-10-28(19)18-8-6-16(25)7-9-18/h1-12H,(H,27,29)/b14-11-. The van der Waals surface area contributed by atoms with Crippen molar-refractivity contribution in [2.45, 2.75) is 6.18 Å². The number of nitrogens with one attached hydrogen (secondary N) is 1. The maximum absolute atomic E-state index is 12.8. The molecule has 8 heteroatoms. The van der Waals surface area contributed by atoms with Gasteiger partial charge in [-0.15, -0.1) is 0 Å². The molecule has 0 radical (unpaired) electrons. The maximum atomic E-state index is 12.8. The Balaban J connectivity index is 1.86. The first-order valence-electron chi connectivity index (χ1n) is 8.31. The molecule has 3 rings (SSSR count). The van der Waals surface area contributed by atoms with Gasteiger partial charge < -0.3 is 9.88 Å². The van der Waals surface area contributed by atoms with Gasteiger partial charge in [-0.25, -0.2) is 0 Å². The van der Waals surface area contributed by atoms with Crippen molar-refractivity contribution in [2.24, 2.45) is 0 Å². The minimum Gasteiger partial charge on any atom is -0.321 e. The van der Waals surface area contributed by atoms with Gasteiger partial charge in [-0.1, -0.05) is 6.07 Å². The lowest BCUT2D eigenvalue weighted by molar-refractivity contribution is -0.137. The highest BCUT2D eigenvalue weighted by Crippen LogP contribution is 2.30. The molecule has 0 aliphatic carbocycles. The second-order valence-corrected chi connectivity index (χ2v) is 7.23. The molecule has 0 aliphatic heterocycles. The van der Waals surface area contributed by atoms with Gasteiger partial charge in [0, 0.05) is 26.8 Å². The van der Waals surface area contributed by atoms with E-state index in [1.807, 2.05) is 24.3 Å². The smallest absolute Gasteiger partial charge is 0.321 e. The van der Waals surface area contributed by atoms with Crippen LogP contribution in [0.4, 0.5) is 18.9 Å². The molecule has 2 aromatic carbocycles. The van der Waals surface area contributed by atoms with Crippen molar-refractivity contribution in [2.75, 3.05) is 5.32 Å². The molecular formula is C21H13F3IN3O. The van der Waals surface area contributed by atoms with Crippen LogP contribution in [0.2, 0.25) is 0 Å². The van der Waals surface area contributed by atoms with Crippen molar-refractivity contribution in [3.05, 3.63) is 87.3 Å². The number of hydrogen-bond donors (Lipinski definition) is 1. The Morgan fingerprint density at radius 1 is 1.10 bits per heavy atom. The van der Waals surface area contributed by atoms with Crippen LogP contribution in [-0.2, 0) is 11.0 Å². The SMILES string of the molecule is N#C/C(=C/c1cccn1-c1ccc(I)cc1)C(=O)Nc1cccc(C(F)(F)F)c1. The number of rotatable bonds is 4. The third kappa shape index (κ3) is 5.06. The van der Waals surface area contributed by atoms with E-state index >= 15 is 0 Å². The molecule has 0 saturated heterocycles. The quantitative estimate of drug-likeness (QED) is 0.282. The molecule has 1 N–H and O–H groups in total. The lowest BCUT2D eigenvalue weighted by atomic mass is 10.1. The lowest BCUT2D eigenvalue weighted by Crippen LogP contribution is -2.14. The monoisotopic (exact) mass is 507 g/mol. The Bertz CT molecular complexity index is 1110. The summed E-state index contributed by atoms with van der Waals surface area (Å²) in [5.41, 5.74) is 0.274. The van der Waals surface area contributed by atoms with Crippen LogP contribution in [0, 0.1) is 14.9 Å². The minimum atomic E-state index is -4.52. The third-order valence-corrected chi connectivity index (χ3v) is 4.71. The number of carbonyl (C=O) groups excluding carboxylic acids is 1. The predicted octanol–water partition coefficient (Wildman–Crippen LogP) is 5.65. The number of hydrogen-bond acceptors (Lipinski definition) is 2. The number of alkyl halides is 3. The first-order valence-corrected chi connectivity index (χ1v) is 9.39. The van der Waals surface area contributed by atoms with E-state index in [1.165, 1.54) is 18.2 Å². The average molecular weight is 507 g/mol. The summed E-state index contributed by atoms with van der Waals surface area (Å²) in [6.45, 7) is 0. The fraction of sp³-hybridized carbons (Fsp3) is 0.0476. The van der Waals surface area contributed by atoms with E-state index < -0.39 is 17.6 Å². The molecule has 29 heavy (non-hydrogen) atoms. The Kier molecular flexibility index (Phi) is 6.08. The second-order valence-electron chi connectivity index (χ2n) is 5.98. The Morgan fingerprint density at radius 3 is 2.48 bits per heavy atom. The summed E-state index contributed by atoms with van der Waals surface area (Å²) in [6.07, 6.45) is -1.35. The fourth-order valence-corrected chi connectivity index (χ4v) is 2.98. The van der Waals surface area contributed by atoms with Gasteiger partial charge in [0.25, 0.3) is 5.91 Å².